The molecule has 2 amide bonds. The second-order valence-corrected chi connectivity index (χ2v) is 2.63. The molecule has 0 aliphatic carbocycles. The average molecular weight is 162 g/mol. The Kier molecular flexibility index (Phi) is 1.79. The third-order valence-electron chi connectivity index (χ3n) is 0.659. The first-order valence-electron chi connectivity index (χ1n) is 1.86. The van der Waals surface area contributed by atoms with E-state index in [0.29, 0.717) is 4.67 Å². The Morgan fingerprint density at radius 2 is 2.56 bits per heavy atom. The summed E-state index contributed by atoms with van der Waals surface area (Å²) in [4.78, 5) is 20.5. The van der Waals surface area contributed by atoms with Crippen LogP contribution in [0.4, 0.5) is 4.79 Å². The van der Waals surface area contributed by atoms with Crippen LogP contribution in [0.1, 0.15) is 0 Å². The fourth-order valence-corrected chi connectivity index (χ4v) is 1.29. The minimum atomic E-state index is -1.99. The molecule has 0 aromatic carbocycles. The first-order valence-corrected chi connectivity index (χ1v) is 3.84. The van der Waals surface area contributed by atoms with Gasteiger partial charge in [-0.2, -0.15) is 0 Å². The van der Waals surface area contributed by atoms with E-state index in [1.165, 1.54) is 0 Å². The van der Waals surface area contributed by atoms with E-state index in [-0.39, 0.29) is 0 Å². The Balaban J connectivity index is 2.86. The predicted octanol–water partition coefficient (Wildman–Crippen LogP) is 0.486. The van der Waals surface area contributed by atoms with Gasteiger partial charge in [-0.15, -0.1) is 0 Å². The number of rotatable bonds is 0. The van der Waals surface area contributed by atoms with Gasteiger partial charge in [0.1, 0.15) is 0 Å². The molecule has 1 heterocycles. The maximum absolute atomic E-state index is 10.3. The summed E-state index contributed by atoms with van der Waals surface area (Å²) in [7, 11) is -2.44. The summed E-state index contributed by atoms with van der Waals surface area (Å²) < 4.78 is 13.4. The molecule has 0 saturated carbocycles. The molecule has 9 heavy (non-hydrogen) atoms. The molecule has 0 saturated heterocycles. The molecular weight excluding hydrogens is 162 g/mol. The van der Waals surface area contributed by atoms with E-state index in [1.807, 2.05) is 5.75 Å². The quantitative estimate of drug-likeness (QED) is 0.486. The summed E-state index contributed by atoms with van der Waals surface area (Å²) in [5.74, 6) is 2.00. The molecule has 0 radical (unpaired) electrons. The van der Waals surface area contributed by atoms with Gasteiger partial charge in [0.15, 0.2) is 0 Å². The Hall–Kier alpha value is -0.460. The molecule has 0 N–H and O–H groups in total. The molecule has 1 rings (SSSR count). The summed E-state index contributed by atoms with van der Waals surface area (Å²) in [6.45, 7) is 0. The SMILES string of the molecule is O=P#CN1C(=O)N=[P+]1[O-]. The van der Waals surface area contributed by atoms with Crippen molar-refractivity contribution in [1.29, 1.82) is 0 Å². The zero-order valence-electron chi connectivity index (χ0n) is 4.01. The van der Waals surface area contributed by atoms with Crippen LogP contribution in [0.15, 0.2) is 4.74 Å². The zero-order chi connectivity index (χ0) is 6.85. The van der Waals surface area contributed by atoms with Crippen molar-refractivity contribution in [2.75, 3.05) is 0 Å². The van der Waals surface area contributed by atoms with Gasteiger partial charge in [-0.25, -0.2) is 0 Å². The third kappa shape index (κ3) is 1.09. The van der Waals surface area contributed by atoms with E-state index in [2.05, 4.69) is 4.74 Å². The molecular formula is C2N2O3P2. The standard InChI is InChI=1S/C2N2O3P2/c5-2-3-9(7)4(2)1-8-6. The topological polar surface area (TPSA) is 72.8 Å². The van der Waals surface area contributed by atoms with Crippen LogP contribution < -0.4 is 4.89 Å². The van der Waals surface area contributed by atoms with Crippen LogP contribution in [0.25, 0.3) is 0 Å². The van der Waals surface area contributed by atoms with Crippen molar-refractivity contribution < 1.29 is 14.3 Å². The van der Waals surface area contributed by atoms with Gasteiger partial charge in [-0.05, 0) is 0 Å². The van der Waals surface area contributed by atoms with E-state index >= 15 is 0 Å². The Morgan fingerprint density at radius 1 is 1.89 bits per heavy atom. The molecule has 1 atom stereocenters. The number of amides is 2. The van der Waals surface area contributed by atoms with E-state index in [9.17, 15) is 14.3 Å². The number of hydrogen-bond acceptors (Lipinski definition) is 3. The normalized spacial score (nSPS) is 19.9. The van der Waals surface area contributed by atoms with Crippen LogP contribution in [0.2, 0.25) is 0 Å². The molecule has 1 aliphatic heterocycles. The zero-order valence-corrected chi connectivity index (χ0v) is 5.80. The van der Waals surface area contributed by atoms with Crippen LogP contribution in [0.3, 0.4) is 0 Å². The molecule has 1 aliphatic rings. The number of carbonyl (C=O) groups excluding carboxylic acids is 1. The van der Waals surface area contributed by atoms with Gasteiger partial charge < -0.3 is 0 Å². The van der Waals surface area contributed by atoms with E-state index in [1.54, 1.807) is 0 Å². The number of hydrogen-bond donors (Lipinski definition) is 0. The fraction of sp³-hybridized carbons (Fsp3) is 0. The predicted molar refractivity (Wildman–Crippen MR) is 28.1 cm³/mol. The summed E-state index contributed by atoms with van der Waals surface area (Å²) in [5.41, 5.74) is 0. The Bertz CT molecular complexity index is 277. The second kappa shape index (κ2) is 2.42. The van der Waals surface area contributed by atoms with Gasteiger partial charge in [-0.3, -0.25) is 0 Å². The van der Waals surface area contributed by atoms with Crippen molar-refractivity contribution in [2.24, 2.45) is 4.74 Å². The first-order chi connectivity index (χ1) is 4.25. The number of urea groups is 1. The van der Waals surface area contributed by atoms with Gasteiger partial charge in [0.25, 0.3) is 0 Å². The van der Waals surface area contributed by atoms with Crippen LogP contribution in [0.5, 0.6) is 0 Å². The Labute approximate surface area is 52.4 Å². The molecule has 5 nitrogen and oxygen atoms in total. The van der Waals surface area contributed by atoms with Crippen molar-refractivity contribution in [3.05, 3.63) is 0 Å². The van der Waals surface area contributed by atoms with Gasteiger partial charge >= 0.3 is 51.5 Å². The molecule has 46 valence electrons. The van der Waals surface area contributed by atoms with Gasteiger partial charge in [-0.1, -0.05) is 0 Å². The summed E-state index contributed by atoms with van der Waals surface area (Å²) in [6, 6.07) is -0.653. The van der Waals surface area contributed by atoms with E-state index < -0.39 is 22.0 Å². The summed E-state index contributed by atoms with van der Waals surface area (Å²) in [6.07, 6.45) is 0. The number of carbonyl (C=O) groups is 1. The minimum absolute atomic E-state index is 0.458. The molecule has 0 aromatic heterocycles. The van der Waals surface area contributed by atoms with Crippen molar-refractivity contribution >= 4 is 22.0 Å². The van der Waals surface area contributed by atoms with Crippen molar-refractivity contribution in [1.82, 2.24) is 4.67 Å². The molecule has 0 bridgehead atoms. The van der Waals surface area contributed by atoms with Crippen molar-refractivity contribution in [3.63, 3.8) is 0 Å². The second-order valence-electron chi connectivity index (χ2n) is 1.14. The fourth-order valence-electron chi connectivity index (χ4n) is 0.316. The Morgan fingerprint density at radius 3 is 2.78 bits per heavy atom. The van der Waals surface area contributed by atoms with Crippen molar-refractivity contribution in [3.8, 4) is 5.75 Å². The van der Waals surface area contributed by atoms with Crippen LogP contribution in [-0.4, -0.2) is 10.7 Å². The van der Waals surface area contributed by atoms with Gasteiger partial charge in [0, 0.05) is 0 Å². The number of nitrogens with zero attached hydrogens (tertiary/aromatic N) is 2. The summed E-state index contributed by atoms with van der Waals surface area (Å²) >= 11 is 0. The summed E-state index contributed by atoms with van der Waals surface area (Å²) in [5, 5.41) is 0. The van der Waals surface area contributed by atoms with Gasteiger partial charge in [0.05, 0.1) is 0 Å². The van der Waals surface area contributed by atoms with Crippen molar-refractivity contribution in [2.45, 2.75) is 0 Å². The molecule has 0 fully saturated rings. The van der Waals surface area contributed by atoms with Crippen LogP contribution in [0, 0.1) is 5.75 Å². The molecule has 0 spiro atoms. The third-order valence-corrected chi connectivity index (χ3v) is 2.05. The van der Waals surface area contributed by atoms with E-state index in [4.69, 9.17) is 0 Å². The van der Waals surface area contributed by atoms with Crippen LogP contribution in [-0.2, 0) is 4.57 Å². The molecule has 1 unspecified atom stereocenters. The monoisotopic (exact) mass is 162 g/mol. The first kappa shape index (κ1) is 6.66. The maximum atomic E-state index is 10.3. The van der Waals surface area contributed by atoms with E-state index in [0.717, 1.165) is 0 Å². The van der Waals surface area contributed by atoms with Gasteiger partial charge in [0.2, 0.25) is 0 Å². The average Bonchev–Trinajstić information content (AvgIpc) is 1.84. The molecule has 0 aromatic rings. The molecule has 7 heteroatoms. The van der Waals surface area contributed by atoms with Crippen LogP contribution >= 0.6 is 16.0 Å².